The van der Waals surface area contributed by atoms with Crippen LogP contribution in [0.5, 0.6) is 0 Å². The number of hydrogen-bond acceptors (Lipinski definition) is 4. The molecule has 0 bridgehead atoms. The highest BCUT2D eigenvalue weighted by molar-refractivity contribution is 5.76. The quantitative estimate of drug-likeness (QED) is 0.752. The number of carbonyl (C=O) groups excluding carboxylic acids is 1. The van der Waals surface area contributed by atoms with Gasteiger partial charge in [0.15, 0.2) is 0 Å². The smallest absolute Gasteiger partial charge is 0.222 e. The standard InChI is InChI=1S/C17H33N3O2/c1-14-11-19(12-15(2)22-14)13-16-6-9-20(10-7-16)17(21)5-4-8-18-3/h14-16,18H,4-13H2,1-3H3. The van der Waals surface area contributed by atoms with E-state index in [4.69, 9.17) is 4.74 Å². The molecule has 1 N–H and O–H groups in total. The highest BCUT2D eigenvalue weighted by Crippen LogP contribution is 2.21. The first-order chi connectivity index (χ1) is 10.6. The van der Waals surface area contributed by atoms with Gasteiger partial charge in [-0.3, -0.25) is 9.69 Å². The van der Waals surface area contributed by atoms with E-state index in [1.807, 2.05) is 7.05 Å². The predicted octanol–water partition coefficient (Wildman–Crippen LogP) is 1.33. The summed E-state index contributed by atoms with van der Waals surface area (Å²) >= 11 is 0. The molecule has 2 fully saturated rings. The fourth-order valence-electron chi connectivity index (χ4n) is 3.74. The predicted molar refractivity (Wildman–Crippen MR) is 88.9 cm³/mol. The zero-order chi connectivity index (χ0) is 15.9. The minimum atomic E-state index is 0.335. The van der Waals surface area contributed by atoms with Gasteiger partial charge in [0.05, 0.1) is 12.2 Å². The summed E-state index contributed by atoms with van der Waals surface area (Å²) in [7, 11) is 1.93. The van der Waals surface area contributed by atoms with Gasteiger partial charge < -0.3 is 15.0 Å². The Morgan fingerprint density at radius 2 is 1.82 bits per heavy atom. The van der Waals surface area contributed by atoms with Crippen molar-refractivity contribution in [3.8, 4) is 0 Å². The first-order valence-electron chi connectivity index (χ1n) is 8.88. The highest BCUT2D eigenvalue weighted by Gasteiger charge is 2.27. The summed E-state index contributed by atoms with van der Waals surface area (Å²) in [5.74, 6) is 1.07. The first kappa shape index (κ1) is 17.7. The number of hydrogen-bond donors (Lipinski definition) is 1. The van der Waals surface area contributed by atoms with Crippen molar-refractivity contribution in [3.63, 3.8) is 0 Å². The number of nitrogens with one attached hydrogen (secondary N) is 1. The van der Waals surface area contributed by atoms with Crippen LogP contribution in [0.15, 0.2) is 0 Å². The van der Waals surface area contributed by atoms with Crippen LogP contribution < -0.4 is 5.32 Å². The molecule has 2 rings (SSSR count). The van der Waals surface area contributed by atoms with Crippen molar-refractivity contribution in [2.75, 3.05) is 46.3 Å². The Balaban J connectivity index is 1.67. The molecule has 5 nitrogen and oxygen atoms in total. The lowest BCUT2D eigenvalue weighted by atomic mass is 9.95. The lowest BCUT2D eigenvalue weighted by Crippen LogP contribution is -2.48. The van der Waals surface area contributed by atoms with Crippen molar-refractivity contribution in [1.29, 1.82) is 0 Å². The monoisotopic (exact) mass is 311 g/mol. The van der Waals surface area contributed by atoms with Gasteiger partial charge in [-0.05, 0) is 52.6 Å². The Morgan fingerprint density at radius 1 is 1.18 bits per heavy atom. The van der Waals surface area contributed by atoms with Crippen LogP contribution in [0.3, 0.4) is 0 Å². The van der Waals surface area contributed by atoms with Crippen LogP contribution in [0.25, 0.3) is 0 Å². The minimum absolute atomic E-state index is 0.335. The molecule has 0 saturated carbocycles. The third-order valence-corrected chi connectivity index (χ3v) is 4.80. The molecule has 0 aromatic rings. The average Bonchev–Trinajstić information content (AvgIpc) is 2.47. The number of piperidine rings is 1. The third-order valence-electron chi connectivity index (χ3n) is 4.80. The van der Waals surface area contributed by atoms with Crippen molar-refractivity contribution in [2.45, 2.75) is 51.7 Å². The Labute approximate surface area is 135 Å². The minimum Gasteiger partial charge on any atom is -0.373 e. The third kappa shape index (κ3) is 5.52. The Hall–Kier alpha value is -0.650. The van der Waals surface area contributed by atoms with Crippen LogP contribution in [-0.2, 0) is 9.53 Å². The number of carbonyl (C=O) groups is 1. The van der Waals surface area contributed by atoms with Crippen LogP contribution in [0, 0.1) is 5.92 Å². The van der Waals surface area contributed by atoms with Gasteiger partial charge in [0, 0.05) is 39.1 Å². The molecule has 128 valence electrons. The maximum absolute atomic E-state index is 12.1. The van der Waals surface area contributed by atoms with Crippen LogP contribution in [0.4, 0.5) is 0 Å². The van der Waals surface area contributed by atoms with Crippen molar-refractivity contribution in [1.82, 2.24) is 15.1 Å². The second-order valence-electron chi connectivity index (χ2n) is 7.01. The van der Waals surface area contributed by atoms with E-state index < -0.39 is 0 Å². The summed E-state index contributed by atoms with van der Waals surface area (Å²) in [4.78, 5) is 16.7. The molecule has 1 amide bonds. The summed E-state index contributed by atoms with van der Waals surface area (Å²) in [6.45, 7) is 10.4. The molecule has 2 atom stereocenters. The van der Waals surface area contributed by atoms with Gasteiger partial charge >= 0.3 is 0 Å². The number of nitrogens with zero attached hydrogens (tertiary/aromatic N) is 2. The van der Waals surface area contributed by atoms with Crippen LogP contribution in [0.1, 0.15) is 39.5 Å². The van der Waals surface area contributed by atoms with Crippen LogP contribution in [-0.4, -0.2) is 74.2 Å². The van der Waals surface area contributed by atoms with Gasteiger partial charge in [0.25, 0.3) is 0 Å². The molecule has 0 aromatic carbocycles. The van der Waals surface area contributed by atoms with Crippen molar-refractivity contribution >= 4 is 5.91 Å². The Bertz CT molecular complexity index is 333. The molecule has 0 aliphatic carbocycles. The molecule has 2 aliphatic rings. The highest BCUT2D eigenvalue weighted by atomic mass is 16.5. The topological polar surface area (TPSA) is 44.8 Å². The van der Waals surface area contributed by atoms with E-state index in [1.165, 1.54) is 6.54 Å². The fourth-order valence-corrected chi connectivity index (χ4v) is 3.74. The van der Waals surface area contributed by atoms with Crippen LogP contribution in [0.2, 0.25) is 0 Å². The lowest BCUT2D eigenvalue weighted by molar-refractivity contribution is -0.132. The normalized spacial score (nSPS) is 28.0. The van der Waals surface area contributed by atoms with Gasteiger partial charge in [0.1, 0.15) is 0 Å². The zero-order valence-electron chi connectivity index (χ0n) is 14.5. The fraction of sp³-hybridized carbons (Fsp3) is 0.941. The summed E-state index contributed by atoms with van der Waals surface area (Å²) in [6.07, 6.45) is 4.62. The largest absolute Gasteiger partial charge is 0.373 e. The summed E-state index contributed by atoms with van der Waals surface area (Å²) in [5, 5.41) is 3.10. The number of likely N-dealkylation sites (tertiary alicyclic amines) is 1. The van der Waals surface area contributed by atoms with E-state index >= 15 is 0 Å². The molecular formula is C17H33N3O2. The summed E-state index contributed by atoms with van der Waals surface area (Å²) in [6, 6.07) is 0. The SMILES string of the molecule is CNCCCC(=O)N1CCC(CN2CC(C)OC(C)C2)CC1. The molecule has 0 radical (unpaired) electrons. The van der Waals surface area contributed by atoms with Crippen molar-refractivity contribution < 1.29 is 9.53 Å². The van der Waals surface area contributed by atoms with Gasteiger partial charge in [0.2, 0.25) is 5.91 Å². The summed E-state index contributed by atoms with van der Waals surface area (Å²) in [5.41, 5.74) is 0. The molecule has 22 heavy (non-hydrogen) atoms. The molecule has 2 heterocycles. The number of morpholine rings is 1. The second-order valence-corrected chi connectivity index (χ2v) is 7.01. The van der Waals surface area contributed by atoms with Crippen molar-refractivity contribution in [2.24, 2.45) is 5.92 Å². The Kier molecular flexibility index (Phi) is 7.12. The molecule has 2 aliphatic heterocycles. The molecule has 2 unspecified atom stereocenters. The van der Waals surface area contributed by atoms with E-state index in [9.17, 15) is 4.79 Å². The summed E-state index contributed by atoms with van der Waals surface area (Å²) < 4.78 is 5.80. The molecule has 2 saturated heterocycles. The second kappa shape index (κ2) is 8.85. The van der Waals surface area contributed by atoms with Gasteiger partial charge in [-0.25, -0.2) is 0 Å². The zero-order valence-corrected chi connectivity index (χ0v) is 14.5. The first-order valence-corrected chi connectivity index (χ1v) is 8.88. The maximum Gasteiger partial charge on any atom is 0.222 e. The van der Waals surface area contributed by atoms with Gasteiger partial charge in [-0.2, -0.15) is 0 Å². The lowest BCUT2D eigenvalue weighted by Gasteiger charge is -2.39. The van der Waals surface area contributed by atoms with E-state index in [2.05, 4.69) is 29.0 Å². The Morgan fingerprint density at radius 3 is 2.41 bits per heavy atom. The number of ether oxygens (including phenoxy) is 1. The van der Waals surface area contributed by atoms with E-state index in [0.29, 0.717) is 24.5 Å². The molecule has 0 aromatic heterocycles. The van der Waals surface area contributed by atoms with E-state index in [-0.39, 0.29) is 0 Å². The molecule has 5 heteroatoms. The number of rotatable bonds is 6. The van der Waals surface area contributed by atoms with Gasteiger partial charge in [-0.1, -0.05) is 0 Å². The van der Waals surface area contributed by atoms with Crippen molar-refractivity contribution in [3.05, 3.63) is 0 Å². The van der Waals surface area contributed by atoms with E-state index in [0.717, 1.165) is 57.9 Å². The van der Waals surface area contributed by atoms with Crippen LogP contribution >= 0.6 is 0 Å². The maximum atomic E-state index is 12.1. The van der Waals surface area contributed by atoms with E-state index in [1.54, 1.807) is 0 Å². The average molecular weight is 311 g/mol. The number of amides is 1. The van der Waals surface area contributed by atoms with Gasteiger partial charge in [-0.15, -0.1) is 0 Å². The molecular weight excluding hydrogens is 278 g/mol. The molecule has 0 spiro atoms.